The third-order valence-electron chi connectivity index (χ3n) is 4.20. The Morgan fingerprint density at radius 2 is 1.92 bits per heavy atom. The predicted octanol–water partition coefficient (Wildman–Crippen LogP) is 4.96. The molecule has 3 rings (SSSR count). The Bertz CT molecular complexity index is 709. The SMILES string of the molecule is Cc1cccc(Cl)c1SCc1cccc(C(=O)N2CCCCC2)n1. The fraction of sp³-hybridized carbons (Fsp3) is 0.368. The molecule has 0 radical (unpaired) electrons. The molecule has 3 nitrogen and oxygen atoms in total. The molecule has 1 aliphatic heterocycles. The molecular formula is C19H21ClN2OS. The molecule has 1 saturated heterocycles. The lowest BCUT2D eigenvalue weighted by Gasteiger charge is -2.26. The van der Waals surface area contributed by atoms with Crippen molar-refractivity contribution in [1.29, 1.82) is 0 Å². The average Bonchev–Trinajstić information content (AvgIpc) is 2.62. The largest absolute Gasteiger partial charge is 0.337 e. The first-order valence-electron chi connectivity index (χ1n) is 8.28. The predicted molar refractivity (Wildman–Crippen MR) is 99.7 cm³/mol. The fourth-order valence-electron chi connectivity index (χ4n) is 2.88. The van der Waals surface area contributed by atoms with Crippen molar-refractivity contribution in [3.05, 3.63) is 58.4 Å². The molecular weight excluding hydrogens is 340 g/mol. The maximum absolute atomic E-state index is 12.6. The maximum atomic E-state index is 12.6. The van der Waals surface area contributed by atoms with Crippen LogP contribution < -0.4 is 0 Å². The highest BCUT2D eigenvalue weighted by molar-refractivity contribution is 7.98. The number of hydrogen-bond donors (Lipinski definition) is 0. The highest BCUT2D eigenvalue weighted by atomic mass is 35.5. The Labute approximate surface area is 152 Å². The van der Waals surface area contributed by atoms with E-state index in [4.69, 9.17) is 11.6 Å². The van der Waals surface area contributed by atoms with E-state index in [0.29, 0.717) is 11.4 Å². The van der Waals surface area contributed by atoms with E-state index in [1.807, 2.05) is 35.2 Å². The maximum Gasteiger partial charge on any atom is 0.272 e. The highest BCUT2D eigenvalue weighted by Gasteiger charge is 2.19. The van der Waals surface area contributed by atoms with Crippen molar-refractivity contribution in [2.24, 2.45) is 0 Å². The van der Waals surface area contributed by atoms with Gasteiger partial charge in [0.2, 0.25) is 0 Å². The minimum Gasteiger partial charge on any atom is -0.337 e. The van der Waals surface area contributed by atoms with E-state index in [2.05, 4.69) is 18.0 Å². The zero-order valence-corrected chi connectivity index (χ0v) is 15.4. The van der Waals surface area contributed by atoms with E-state index in [1.165, 1.54) is 6.42 Å². The van der Waals surface area contributed by atoms with Crippen LogP contribution in [0.1, 0.15) is 41.0 Å². The molecule has 0 atom stereocenters. The summed E-state index contributed by atoms with van der Waals surface area (Å²) in [5.74, 6) is 0.751. The first-order chi connectivity index (χ1) is 11.6. The molecule has 0 N–H and O–H groups in total. The summed E-state index contributed by atoms with van der Waals surface area (Å²) in [5, 5.41) is 0.764. The number of aryl methyl sites for hydroxylation is 1. The molecule has 0 unspecified atom stereocenters. The minimum atomic E-state index is 0.0514. The van der Waals surface area contributed by atoms with Crippen LogP contribution >= 0.6 is 23.4 Å². The third-order valence-corrected chi connectivity index (χ3v) is 5.90. The van der Waals surface area contributed by atoms with Crippen LogP contribution in [0.25, 0.3) is 0 Å². The molecule has 1 fully saturated rings. The summed E-state index contributed by atoms with van der Waals surface area (Å²) < 4.78 is 0. The van der Waals surface area contributed by atoms with Crippen LogP contribution in [0.5, 0.6) is 0 Å². The normalized spacial score (nSPS) is 14.7. The molecule has 1 amide bonds. The number of nitrogens with zero attached hydrogens (tertiary/aromatic N) is 2. The Kier molecular flexibility index (Phi) is 5.80. The molecule has 0 aliphatic carbocycles. The van der Waals surface area contributed by atoms with Crippen LogP contribution in [0.2, 0.25) is 5.02 Å². The van der Waals surface area contributed by atoms with Gasteiger partial charge < -0.3 is 4.90 Å². The van der Waals surface area contributed by atoms with E-state index in [9.17, 15) is 4.79 Å². The molecule has 1 aromatic carbocycles. The topological polar surface area (TPSA) is 33.2 Å². The van der Waals surface area contributed by atoms with Crippen LogP contribution in [-0.2, 0) is 5.75 Å². The van der Waals surface area contributed by atoms with E-state index in [-0.39, 0.29) is 5.91 Å². The van der Waals surface area contributed by atoms with Crippen LogP contribution in [-0.4, -0.2) is 28.9 Å². The first-order valence-corrected chi connectivity index (χ1v) is 9.64. The van der Waals surface area contributed by atoms with E-state index < -0.39 is 0 Å². The zero-order chi connectivity index (χ0) is 16.9. The van der Waals surface area contributed by atoms with Crippen molar-refractivity contribution < 1.29 is 4.79 Å². The van der Waals surface area contributed by atoms with Gasteiger partial charge in [0, 0.05) is 23.7 Å². The number of thioether (sulfide) groups is 1. The molecule has 24 heavy (non-hydrogen) atoms. The van der Waals surface area contributed by atoms with Gasteiger partial charge in [0.15, 0.2) is 0 Å². The second-order valence-corrected chi connectivity index (χ2v) is 7.43. The van der Waals surface area contributed by atoms with Crippen molar-refractivity contribution >= 4 is 29.3 Å². The third kappa shape index (κ3) is 4.11. The number of carbonyl (C=O) groups is 1. The van der Waals surface area contributed by atoms with Gasteiger partial charge in [-0.15, -0.1) is 11.8 Å². The van der Waals surface area contributed by atoms with Gasteiger partial charge in [-0.1, -0.05) is 29.8 Å². The number of aromatic nitrogens is 1. The summed E-state index contributed by atoms with van der Waals surface area (Å²) in [6.45, 7) is 3.74. The smallest absolute Gasteiger partial charge is 0.272 e. The molecule has 5 heteroatoms. The fourth-order valence-corrected chi connectivity index (χ4v) is 4.22. The monoisotopic (exact) mass is 360 g/mol. The van der Waals surface area contributed by atoms with E-state index >= 15 is 0 Å². The van der Waals surface area contributed by atoms with Gasteiger partial charge in [0.25, 0.3) is 5.91 Å². The number of benzene rings is 1. The van der Waals surface area contributed by atoms with Crippen LogP contribution in [0.3, 0.4) is 0 Å². The molecule has 1 aliphatic rings. The summed E-state index contributed by atoms with van der Waals surface area (Å²) in [5.41, 5.74) is 2.61. The standard InChI is InChI=1S/C19H21ClN2OS/c1-14-7-5-9-16(20)18(14)24-13-15-8-6-10-17(21-15)19(23)22-11-3-2-4-12-22/h5-10H,2-4,11-13H2,1H3. The van der Waals surface area contributed by atoms with Gasteiger partial charge in [0.1, 0.15) is 5.69 Å². The quantitative estimate of drug-likeness (QED) is 0.722. The lowest BCUT2D eigenvalue weighted by atomic mass is 10.1. The van der Waals surface area contributed by atoms with Crippen LogP contribution in [0, 0.1) is 6.92 Å². The Hall–Kier alpha value is -1.52. The molecule has 0 saturated carbocycles. The molecule has 0 spiro atoms. The number of amides is 1. The van der Waals surface area contributed by atoms with Crippen molar-refractivity contribution in [3.8, 4) is 0 Å². The average molecular weight is 361 g/mol. The minimum absolute atomic E-state index is 0.0514. The van der Waals surface area contributed by atoms with Gasteiger partial charge in [-0.2, -0.15) is 0 Å². The molecule has 2 heterocycles. The Morgan fingerprint density at radius 1 is 1.17 bits per heavy atom. The number of pyridine rings is 1. The summed E-state index contributed by atoms with van der Waals surface area (Å²) in [7, 11) is 0. The van der Waals surface area contributed by atoms with Gasteiger partial charge in [0.05, 0.1) is 10.7 Å². The first kappa shape index (κ1) is 17.3. The van der Waals surface area contributed by atoms with Crippen molar-refractivity contribution in [3.63, 3.8) is 0 Å². The van der Waals surface area contributed by atoms with Gasteiger partial charge >= 0.3 is 0 Å². The van der Waals surface area contributed by atoms with Crippen molar-refractivity contribution in [2.45, 2.75) is 36.8 Å². The number of carbonyl (C=O) groups excluding carboxylic acids is 1. The second-order valence-electron chi connectivity index (χ2n) is 6.04. The second kappa shape index (κ2) is 8.04. The lowest BCUT2D eigenvalue weighted by molar-refractivity contribution is 0.0718. The summed E-state index contributed by atoms with van der Waals surface area (Å²) >= 11 is 7.94. The van der Waals surface area contributed by atoms with Gasteiger partial charge in [-0.05, 0) is 49.9 Å². The number of rotatable bonds is 4. The zero-order valence-electron chi connectivity index (χ0n) is 13.8. The number of halogens is 1. The molecule has 126 valence electrons. The summed E-state index contributed by atoms with van der Waals surface area (Å²) in [6, 6.07) is 11.6. The Balaban J connectivity index is 1.70. The summed E-state index contributed by atoms with van der Waals surface area (Å²) in [4.78, 5) is 20.1. The van der Waals surface area contributed by atoms with Crippen molar-refractivity contribution in [2.75, 3.05) is 13.1 Å². The van der Waals surface area contributed by atoms with Crippen LogP contribution in [0.15, 0.2) is 41.3 Å². The van der Waals surface area contributed by atoms with Crippen LogP contribution in [0.4, 0.5) is 0 Å². The number of likely N-dealkylation sites (tertiary alicyclic amines) is 1. The molecule has 0 bridgehead atoms. The van der Waals surface area contributed by atoms with Gasteiger partial charge in [-0.3, -0.25) is 4.79 Å². The molecule has 2 aromatic rings. The van der Waals surface area contributed by atoms with E-state index in [1.54, 1.807) is 11.8 Å². The molecule has 1 aromatic heterocycles. The lowest BCUT2D eigenvalue weighted by Crippen LogP contribution is -2.36. The number of hydrogen-bond acceptors (Lipinski definition) is 3. The van der Waals surface area contributed by atoms with Gasteiger partial charge in [-0.25, -0.2) is 4.98 Å². The highest BCUT2D eigenvalue weighted by Crippen LogP contribution is 2.32. The number of piperidine rings is 1. The Morgan fingerprint density at radius 3 is 2.67 bits per heavy atom. The van der Waals surface area contributed by atoms with Crippen molar-refractivity contribution in [1.82, 2.24) is 9.88 Å². The summed E-state index contributed by atoms with van der Waals surface area (Å²) in [6.07, 6.45) is 3.39. The van der Waals surface area contributed by atoms with E-state index in [0.717, 1.165) is 47.1 Å².